The van der Waals surface area contributed by atoms with Gasteiger partial charge in [-0.25, -0.2) is 0 Å². The fourth-order valence-corrected chi connectivity index (χ4v) is 2.21. The zero-order valence-corrected chi connectivity index (χ0v) is 11.3. The third-order valence-corrected chi connectivity index (χ3v) is 3.26. The zero-order chi connectivity index (χ0) is 13.3. The van der Waals surface area contributed by atoms with E-state index in [1.165, 1.54) is 5.56 Å². The number of carbonyl (C=O) groups excluding carboxylic acids is 1. The number of hydrogen-bond acceptors (Lipinski definition) is 3. The molecule has 1 aliphatic rings. The minimum absolute atomic E-state index is 0.135. The fraction of sp³-hybridized carbons (Fsp3) is 0.533. The van der Waals surface area contributed by atoms with E-state index < -0.39 is 0 Å². The Morgan fingerprint density at radius 3 is 2.84 bits per heavy atom. The molecule has 1 N–H and O–H groups in total. The van der Waals surface area contributed by atoms with Crippen molar-refractivity contribution < 1.29 is 9.53 Å². The molecule has 1 aromatic carbocycles. The molecule has 0 spiro atoms. The Morgan fingerprint density at radius 2 is 2.05 bits per heavy atom. The number of amides is 1. The molecular formula is C15H22N2O2. The number of rotatable bonds is 7. The molecule has 1 saturated heterocycles. The molecule has 1 heterocycles. The lowest BCUT2D eigenvalue weighted by Gasteiger charge is -2.26. The Labute approximate surface area is 114 Å². The summed E-state index contributed by atoms with van der Waals surface area (Å²) in [6.07, 6.45) is 1.95. The smallest absolute Gasteiger partial charge is 0.234 e. The molecule has 0 aliphatic carbocycles. The van der Waals surface area contributed by atoms with Crippen LogP contribution < -0.4 is 5.32 Å². The average Bonchev–Trinajstić information content (AvgIpc) is 2.44. The Balaban J connectivity index is 1.49. The van der Waals surface area contributed by atoms with Gasteiger partial charge in [0.2, 0.25) is 5.91 Å². The van der Waals surface area contributed by atoms with Crippen LogP contribution in [0.1, 0.15) is 12.0 Å². The molecule has 1 aliphatic heterocycles. The number of nitrogens with one attached hydrogen (secondary N) is 1. The van der Waals surface area contributed by atoms with Crippen LogP contribution in [0.3, 0.4) is 0 Å². The van der Waals surface area contributed by atoms with Gasteiger partial charge in [-0.3, -0.25) is 9.69 Å². The number of ether oxygens (including phenoxy) is 1. The quantitative estimate of drug-likeness (QED) is 0.747. The number of nitrogens with zero attached hydrogens (tertiary/aromatic N) is 1. The van der Waals surface area contributed by atoms with Gasteiger partial charge >= 0.3 is 0 Å². The van der Waals surface area contributed by atoms with Crippen LogP contribution in [0.4, 0.5) is 0 Å². The minimum atomic E-state index is 0.135. The summed E-state index contributed by atoms with van der Waals surface area (Å²) in [7, 11) is 0. The standard InChI is InChI=1S/C15H22N2O2/c18-15-13-17(10-8-16-15)9-4-11-19-12-7-14-5-2-1-3-6-14/h1-3,5-6H,4,7-13H2,(H,16,18). The maximum atomic E-state index is 11.2. The highest BCUT2D eigenvalue weighted by atomic mass is 16.5. The molecule has 0 unspecified atom stereocenters. The van der Waals surface area contributed by atoms with Crippen molar-refractivity contribution in [3.8, 4) is 0 Å². The lowest BCUT2D eigenvalue weighted by molar-refractivity contribution is -0.124. The van der Waals surface area contributed by atoms with Gasteiger partial charge in [0.1, 0.15) is 0 Å². The Hall–Kier alpha value is -1.39. The molecule has 104 valence electrons. The molecule has 1 amide bonds. The van der Waals surface area contributed by atoms with E-state index in [2.05, 4.69) is 34.5 Å². The summed E-state index contributed by atoms with van der Waals surface area (Å²) in [5, 5.41) is 2.83. The molecule has 4 nitrogen and oxygen atoms in total. The first-order chi connectivity index (χ1) is 9.34. The van der Waals surface area contributed by atoms with Gasteiger partial charge < -0.3 is 10.1 Å². The maximum absolute atomic E-state index is 11.2. The second-order valence-electron chi connectivity index (χ2n) is 4.83. The molecule has 19 heavy (non-hydrogen) atoms. The lowest BCUT2D eigenvalue weighted by Crippen LogP contribution is -2.47. The first-order valence-corrected chi connectivity index (χ1v) is 6.95. The van der Waals surface area contributed by atoms with Crippen molar-refractivity contribution in [3.63, 3.8) is 0 Å². The summed E-state index contributed by atoms with van der Waals surface area (Å²) < 4.78 is 5.63. The summed E-state index contributed by atoms with van der Waals surface area (Å²) in [5.74, 6) is 0.135. The second-order valence-corrected chi connectivity index (χ2v) is 4.83. The van der Waals surface area contributed by atoms with Gasteiger partial charge in [-0.2, -0.15) is 0 Å². The molecule has 2 rings (SSSR count). The highest BCUT2D eigenvalue weighted by Gasteiger charge is 2.14. The zero-order valence-electron chi connectivity index (χ0n) is 11.3. The van der Waals surface area contributed by atoms with Crippen molar-refractivity contribution in [1.29, 1.82) is 0 Å². The largest absolute Gasteiger partial charge is 0.381 e. The summed E-state index contributed by atoms with van der Waals surface area (Å²) in [6, 6.07) is 10.4. The number of piperazine rings is 1. The predicted molar refractivity (Wildman–Crippen MR) is 75.0 cm³/mol. The Morgan fingerprint density at radius 1 is 1.21 bits per heavy atom. The summed E-state index contributed by atoms with van der Waals surface area (Å²) in [4.78, 5) is 13.4. The van der Waals surface area contributed by atoms with Crippen LogP contribution in [0.25, 0.3) is 0 Å². The molecule has 0 bridgehead atoms. The van der Waals surface area contributed by atoms with Gasteiger partial charge in [0, 0.05) is 26.2 Å². The average molecular weight is 262 g/mol. The van der Waals surface area contributed by atoms with Gasteiger partial charge in [0.25, 0.3) is 0 Å². The van der Waals surface area contributed by atoms with Gasteiger partial charge in [-0.1, -0.05) is 30.3 Å². The van der Waals surface area contributed by atoms with Crippen LogP contribution in [0.15, 0.2) is 30.3 Å². The van der Waals surface area contributed by atoms with Crippen molar-refractivity contribution >= 4 is 5.91 Å². The van der Waals surface area contributed by atoms with Crippen molar-refractivity contribution in [2.45, 2.75) is 12.8 Å². The van der Waals surface area contributed by atoms with Gasteiger partial charge in [-0.15, -0.1) is 0 Å². The van der Waals surface area contributed by atoms with Crippen molar-refractivity contribution in [1.82, 2.24) is 10.2 Å². The van der Waals surface area contributed by atoms with Crippen LogP contribution in [0, 0.1) is 0 Å². The second kappa shape index (κ2) is 7.92. The van der Waals surface area contributed by atoms with Crippen LogP contribution in [-0.4, -0.2) is 50.2 Å². The van der Waals surface area contributed by atoms with E-state index in [-0.39, 0.29) is 5.91 Å². The van der Waals surface area contributed by atoms with E-state index in [1.807, 2.05) is 6.07 Å². The van der Waals surface area contributed by atoms with Crippen LogP contribution in [0.2, 0.25) is 0 Å². The Kier molecular flexibility index (Phi) is 5.85. The first-order valence-electron chi connectivity index (χ1n) is 6.95. The fourth-order valence-electron chi connectivity index (χ4n) is 2.21. The van der Waals surface area contributed by atoms with Crippen molar-refractivity contribution in [2.24, 2.45) is 0 Å². The lowest BCUT2D eigenvalue weighted by atomic mass is 10.2. The molecule has 4 heteroatoms. The molecule has 0 atom stereocenters. The van der Waals surface area contributed by atoms with Crippen molar-refractivity contribution in [2.75, 3.05) is 39.4 Å². The van der Waals surface area contributed by atoms with E-state index in [1.54, 1.807) is 0 Å². The summed E-state index contributed by atoms with van der Waals surface area (Å²) in [6.45, 7) is 4.74. The van der Waals surface area contributed by atoms with E-state index >= 15 is 0 Å². The molecule has 0 saturated carbocycles. The molecule has 0 aromatic heterocycles. The SMILES string of the molecule is O=C1CN(CCCOCCc2ccccc2)CCN1. The van der Waals surface area contributed by atoms with Gasteiger partial charge in [0.15, 0.2) is 0 Å². The topological polar surface area (TPSA) is 41.6 Å². The van der Waals surface area contributed by atoms with Gasteiger partial charge in [0.05, 0.1) is 13.2 Å². The normalized spacial score (nSPS) is 16.3. The minimum Gasteiger partial charge on any atom is -0.381 e. The van der Waals surface area contributed by atoms with E-state index in [9.17, 15) is 4.79 Å². The van der Waals surface area contributed by atoms with Crippen LogP contribution in [-0.2, 0) is 16.0 Å². The maximum Gasteiger partial charge on any atom is 0.234 e. The molecule has 0 radical (unpaired) electrons. The van der Waals surface area contributed by atoms with E-state index in [0.29, 0.717) is 6.54 Å². The number of carbonyl (C=O) groups is 1. The summed E-state index contributed by atoms with van der Waals surface area (Å²) in [5.41, 5.74) is 1.32. The predicted octanol–water partition coefficient (Wildman–Crippen LogP) is 1.07. The third kappa shape index (κ3) is 5.41. The molecule has 1 aromatic rings. The number of benzene rings is 1. The molecular weight excluding hydrogens is 240 g/mol. The summed E-state index contributed by atoms with van der Waals surface area (Å²) >= 11 is 0. The monoisotopic (exact) mass is 262 g/mol. The highest BCUT2D eigenvalue weighted by Crippen LogP contribution is 2.00. The van der Waals surface area contributed by atoms with Gasteiger partial charge in [-0.05, 0) is 18.4 Å². The highest BCUT2D eigenvalue weighted by molar-refractivity contribution is 5.78. The van der Waals surface area contributed by atoms with Crippen LogP contribution in [0.5, 0.6) is 0 Å². The van der Waals surface area contributed by atoms with E-state index in [4.69, 9.17) is 4.74 Å². The number of hydrogen-bond donors (Lipinski definition) is 1. The first kappa shape index (κ1) is 14.0. The van der Waals surface area contributed by atoms with E-state index in [0.717, 1.165) is 45.7 Å². The Bertz CT molecular complexity index is 381. The van der Waals surface area contributed by atoms with Crippen molar-refractivity contribution in [3.05, 3.63) is 35.9 Å². The van der Waals surface area contributed by atoms with Crippen LogP contribution >= 0.6 is 0 Å². The molecule has 1 fully saturated rings. The third-order valence-electron chi connectivity index (χ3n) is 3.26.